The molecule has 0 bridgehead atoms. The highest BCUT2D eigenvalue weighted by Crippen LogP contribution is 2.15. The van der Waals surface area contributed by atoms with Gasteiger partial charge in [-0.3, -0.25) is 9.59 Å². The van der Waals surface area contributed by atoms with Crippen LogP contribution in [-0.4, -0.2) is 78.7 Å². The molecule has 0 saturated carbocycles. The van der Waals surface area contributed by atoms with Crippen LogP contribution in [0.4, 0.5) is 0 Å². The van der Waals surface area contributed by atoms with Gasteiger partial charge in [-0.1, -0.05) is 12.1 Å². The van der Waals surface area contributed by atoms with Gasteiger partial charge in [0.2, 0.25) is 11.8 Å². The summed E-state index contributed by atoms with van der Waals surface area (Å²) in [5, 5.41) is 12.6. The fourth-order valence-electron chi connectivity index (χ4n) is 3.37. The van der Waals surface area contributed by atoms with Gasteiger partial charge in [0, 0.05) is 32.7 Å². The number of ether oxygens (including phenoxy) is 1. The minimum absolute atomic E-state index is 0.0245. The van der Waals surface area contributed by atoms with Crippen molar-refractivity contribution in [1.29, 1.82) is 0 Å². The summed E-state index contributed by atoms with van der Waals surface area (Å²) in [5.74, 6) is 0.832. The fraction of sp³-hybridized carbons (Fsp3) is 0.556. The van der Waals surface area contributed by atoms with E-state index in [1.165, 1.54) is 0 Å². The average Bonchev–Trinajstić information content (AvgIpc) is 3.07. The topological polar surface area (TPSA) is 82.1 Å². The van der Waals surface area contributed by atoms with Crippen LogP contribution in [0.2, 0.25) is 0 Å². The SMILES string of the molecule is COc1cccc(CC(=O)N2CCN(C(=O)C3CC(O)CN3)CC2)c1. The molecular weight excluding hydrogens is 322 g/mol. The van der Waals surface area contributed by atoms with Gasteiger partial charge in [0.25, 0.3) is 0 Å². The molecule has 2 fully saturated rings. The highest BCUT2D eigenvalue weighted by Gasteiger charge is 2.33. The zero-order chi connectivity index (χ0) is 17.8. The van der Waals surface area contributed by atoms with Crippen LogP contribution in [0.1, 0.15) is 12.0 Å². The van der Waals surface area contributed by atoms with Gasteiger partial charge >= 0.3 is 0 Å². The summed E-state index contributed by atoms with van der Waals surface area (Å²) in [4.78, 5) is 28.5. The standard InChI is InChI=1S/C18H25N3O4/c1-25-15-4-2-3-13(9-15)10-17(23)20-5-7-21(8-6-20)18(24)16-11-14(22)12-19-16/h2-4,9,14,16,19,22H,5-8,10-12H2,1H3. The van der Waals surface area contributed by atoms with Gasteiger partial charge < -0.3 is 25.0 Å². The van der Waals surface area contributed by atoms with Gasteiger partial charge in [-0.05, 0) is 24.1 Å². The van der Waals surface area contributed by atoms with Crippen LogP contribution in [0, 0.1) is 0 Å². The summed E-state index contributed by atoms with van der Waals surface area (Å²) in [5.41, 5.74) is 0.923. The third-order valence-corrected chi connectivity index (χ3v) is 4.84. The first-order valence-electron chi connectivity index (χ1n) is 8.68. The number of carbonyl (C=O) groups excluding carboxylic acids is 2. The van der Waals surface area contributed by atoms with E-state index in [4.69, 9.17) is 4.74 Å². The number of methoxy groups -OCH3 is 1. The molecule has 25 heavy (non-hydrogen) atoms. The van der Waals surface area contributed by atoms with Crippen LogP contribution in [0.5, 0.6) is 5.75 Å². The summed E-state index contributed by atoms with van der Waals surface area (Å²) in [7, 11) is 1.61. The van der Waals surface area contributed by atoms with Crippen molar-refractivity contribution in [2.45, 2.75) is 25.0 Å². The molecule has 2 aliphatic rings. The fourth-order valence-corrected chi connectivity index (χ4v) is 3.37. The minimum Gasteiger partial charge on any atom is -0.497 e. The maximum Gasteiger partial charge on any atom is 0.239 e. The Balaban J connectivity index is 1.49. The molecule has 1 aromatic rings. The molecule has 2 unspecified atom stereocenters. The van der Waals surface area contributed by atoms with Gasteiger partial charge in [0.15, 0.2) is 0 Å². The average molecular weight is 347 g/mol. The van der Waals surface area contributed by atoms with E-state index in [1.54, 1.807) is 16.9 Å². The second-order valence-corrected chi connectivity index (χ2v) is 6.58. The van der Waals surface area contributed by atoms with Crippen molar-refractivity contribution in [2.75, 3.05) is 39.8 Å². The quantitative estimate of drug-likeness (QED) is 0.777. The zero-order valence-corrected chi connectivity index (χ0v) is 14.5. The third-order valence-electron chi connectivity index (χ3n) is 4.84. The Kier molecular flexibility index (Phi) is 5.55. The maximum atomic E-state index is 12.5. The number of aliphatic hydroxyl groups is 1. The van der Waals surface area contributed by atoms with Gasteiger partial charge in [-0.25, -0.2) is 0 Å². The molecule has 2 amide bonds. The van der Waals surface area contributed by atoms with E-state index in [0.29, 0.717) is 45.6 Å². The van der Waals surface area contributed by atoms with Crippen molar-refractivity contribution < 1.29 is 19.4 Å². The summed E-state index contributed by atoms with van der Waals surface area (Å²) >= 11 is 0. The van der Waals surface area contributed by atoms with Crippen LogP contribution in [0.15, 0.2) is 24.3 Å². The summed E-state index contributed by atoms with van der Waals surface area (Å²) in [6, 6.07) is 7.22. The molecule has 7 heteroatoms. The summed E-state index contributed by atoms with van der Waals surface area (Å²) in [6.07, 6.45) is 0.356. The molecule has 1 aromatic carbocycles. The first-order chi connectivity index (χ1) is 12.1. The van der Waals surface area contributed by atoms with E-state index in [1.807, 2.05) is 24.3 Å². The Labute approximate surface area is 147 Å². The molecule has 136 valence electrons. The Morgan fingerprint density at radius 3 is 2.60 bits per heavy atom. The summed E-state index contributed by atoms with van der Waals surface area (Å²) in [6.45, 7) is 2.64. The van der Waals surface area contributed by atoms with E-state index in [0.717, 1.165) is 11.3 Å². The number of amides is 2. The lowest BCUT2D eigenvalue weighted by molar-refractivity contribution is -0.140. The number of β-amino-alcohol motifs (C(OH)–C–C–N with tert-alkyl or cyclic N) is 1. The van der Waals surface area contributed by atoms with Crippen LogP contribution >= 0.6 is 0 Å². The first-order valence-corrected chi connectivity index (χ1v) is 8.68. The molecule has 2 aliphatic heterocycles. The highest BCUT2D eigenvalue weighted by molar-refractivity contribution is 5.83. The van der Waals surface area contributed by atoms with Crippen LogP contribution in [-0.2, 0) is 16.0 Å². The molecule has 3 rings (SSSR count). The van der Waals surface area contributed by atoms with E-state index in [9.17, 15) is 14.7 Å². The molecule has 2 N–H and O–H groups in total. The van der Waals surface area contributed by atoms with Gasteiger partial charge in [-0.2, -0.15) is 0 Å². The zero-order valence-electron chi connectivity index (χ0n) is 14.5. The van der Waals surface area contributed by atoms with E-state index < -0.39 is 6.10 Å². The van der Waals surface area contributed by atoms with Crippen molar-refractivity contribution in [1.82, 2.24) is 15.1 Å². The second-order valence-electron chi connectivity index (χ2n) is 6.58. The van der Waals surface area contributed by atoms with Gasteiger partial charge in [0.1, 0.15) is 5.75 Å². The predicted octanol–water partition coefficient (Wildman–Crippen LogP) is -0.369. The van der Waals surface area contributed by atoms with E-state index in [-0.39, 0.29) is 17.9 Å². The number of piperazine rings is 1. The second kappa shape index (κ2) is 7.84. The molecule has 2 atom stereocenters. The number of nitrogens with one attached hydrogen (secondary N) is 1. The number of aliphatic hydroxyl groups excluding tert-OH is 1. The third kappa shape index (κ3) is 4.29. The highest BCUT2D eigenvalue weighted by atomic mass is 16.5. The van der Waals surface area contributed by atoms with E-state index >= 15 is 0 Å². The van der Waals surface area contributed by atoms with Gasteiger partial charge in [-0.15, -0.1) is 0 Å². The normalized spacial score (nSPS) is 23.6. The molecule has 2 saturated heterocycles. The van der Waals surface area contributed by atoms with Crippen LogP contribution < -0.4 is 10.1 Å². The minimum atomic E-state index is -0.445. The number of hydrogen-bond donors (Lipinski definition) is 2. The monoisotopic (exact) mass is 347 g/mol. The number of benzene rings is 1. The Morgan fingerprint density at radius 2 is 1.96 bits per heavy atom. The van der Waals surface area contributed by atoms with Gasteiger partial charge in [0.05, 0.1) is 25.7 Å². The molecule has 0 aromatic heterocycles. The van der Waals surface area contributed by atoms with Crippen LogP contribution in [0.25, 0.3) is 0 Å². The molecule has 0 radical (unpaired) electrons. The van der Waals surface area contributed by atoms with Crippen LogP contribution in [0.3, 0.4) is 0 Å². The maximum absolute atomic E-state index is 12.5. The van der Waals surface area contributed by atoms with Crippen molar-refractivity contribution in [3.63, 3.8) is 0 Å². The summed E-state index contributed by atoms with van der Waals surface area (Å²) < 4.78 is 5.19. The Bertz CT molecular complexity index is 629. The lowest BCUT2D eigenvalue weighted by atomic mass is 10.1. The predicted molar refractivity (Wildman–Crippen MR) is 92.3 cm³/mol. The molecule has 7 nitrogen and oxygen atoms in total. The number of rotatable bonds is 4. The molecule has 0 spiro atoms. The Hall–Kier alpha value is -2.12. The van der Waals surface area contributed by atoms with Crippen molar-refractivity contribution >= 4 is 11.8 Å². The molecule has 0 aliphatic carbocycles. The van der Waals surface area contributed by atoms with E-state index in [2.05, 4.69) is 5.32 Å². The largest absolute Gasteiger partial charge is 0.497 e. The number of hydrogen-bond acceptors (Lipinski definition) is 5. The molecule has 2 heterocycles. The van der Waals surface area contributed by atoms with Crippen molar-refractivity contribution in [3.05, 3.63) is 29.8 Å². The van der Waals surface area contributed by atoms with Crippen molar-refractivity contribution in [3.8, 4) is 5.75 Å². The van der Waals surface area contributed by atoms with Crippen molar-refractivity contribution in [2.24, 2.45) is 0 Å². The lowest BCUT2D eigenvalue weighted by Gasteiger charge is -2.36. The molecular formula is C18H25N3O4. The smallest absolute Gasteiger partial charge is 0.239 e. The number of carbonyl (C=O) groups is 2. The lowest BCUT2D eigenvalue weighted by Crippen LogP contribution is -2.54. The Morgan fingerprint density at radius 1 is 1.24 bits per heavy atom. The first kappa shape index (κ1) is 17.7. The number of nitrogens with zero attached hydrogens (tertiary/aromatic N) is 2.